The summed E-state index contributed by atoms with van der Waals surface area (Å²) in [5.74, 6) is 0.664. The van der Waals surface area contributed by atoms with E-state index in [1.54, 1.807) is 0 Å². The van der Waals surface area contributed by atoms with Crippen molar-refractivity contribution >= 4 is 11.6 Å². The van der Waals surface area contributed by atoms with Crippen LogP contribution in [-0.2, 0) is 0 Å². The van der Waals surface area contributed by atoms with Crippen LogP contribution < -0.4 is 0 Å². The summed E-state index contributed by atoms with van der Waals surface area (Å²) in [5.41, 5.74) is 0. The molecule has 0 amide bonds. The van der Waals surface area contributed by atoms with Crippen molar-refractivity contribution in [3.8, 4) is 0 Å². The Balaban J connectivity index is 2.86. The van der Waals surface area contributed by atoms with Gasteiger partial charge in [0.2, 0.25) is 0 Å². The van der Waals surface area contributed by atoms with Crippen LogP contribution in [0.1, 0.15) is 26.2 Å². The zero-order valence-corrected chi connectivity index (χ0v) is 5.99. The number of aliphatic hydroxyl groups is 1. The van der Waals surface area contributed by atoms with Crippen molar-refractivity contribution in [1.82, 2.24) is 0 Å². The van der Waals surface area contributed by atoms with Crippen LogP contribution in [0.4, 0.5) is 0 Å². The lowest BCUT2D eigenvalue weighted by molar-refractivity contribution is 0.159. The Hall–Kier alpha value is 0.250. The summed E-state index contributed by atoms with van der Waals surface area (Å²) in [4.78, 5) is 0. The van der Waals surface area contributed by atoms with Gasteiger partial charge < -0.3 is 5.11 Å². The Labute approximate surface area is 55.7 Å². The molecule has 0 aromatic rings. The molecule has 1 N–H and O–H groups in total. The molecule has 0 aromatic carbocycles. The number of aliphatic hydroxyl groups excluding tert-OH is 1. The van der Waals surface area contributed by atoms with E-state index in [-0.39, 0.29) is 6.10 Å². The fraction of sp³-hybridized carbons (Fsp3) is 1.00. The molecule has 0 aliphatic carbocycles. The standard InChI is InChI=1S/C6H13ClO/c1-2-6(8)4-3-5-7/h6,8H,2-5H2,1H3/t6-/m0/s1. The number of halogens is 1. The molecular formula is C6H13ClO. The Kier molecular flexibility index (Phi) is 5.56. The van der Waals surface area contributed by atoms with Gasteiger partial charge in [-0.05, 0) is 19.3 Å². The van der Waals surface area contributed by atoms with Gasteiger partial charge >= 0.3 is 0 Å². The molecule has 0 heterocycles. The van der Waals surface area contributed by atoms with E-state index in [1.807, 2.05) is 6.92 Å². The van der Waals surface area contributed by atoms with E-state index in [4.69, 9.17) is 16.7 Å². The van der Waals surface area contributed by atoms with Crippen LogP contribution >= 0.6 is 11.6 Å². The summed E-state index contributed by atoms with van der Waals surface area (Å²) in [5, 5.41) is 8.93. The molecule has 0 rings (SSSR count). The van der Waals surface area contributed by atoms with E-state index in [0.717, 1.165) is 19.3 Å². The highest BCUT2D eigenvalue weighted by Crippen LogP contribution is 2.00. The van der Waals surface area contributed by atoms with Crippen LogP contribution in [0.5, 0.6) is 0 Å². The van der Waals surface area contributed by atoms with Crippen molar-refractivity contribution in [1.29, 1.82) is 0 Å². The van der Waals surface area contributed by atoms with Crippen molar-refractivity contribution in [3.63, 3.8) is 0 Å². The average Bonchev–Trinajstić information content (AvgIpc) is 1.83. The first-order valence-corrected chi connectivity index (χ1v) is 3.58. The molecule has 0 fully saturated rings. The molecule has 0 aromatic heterocycles. The molecule has 2 heteroatoms. The lowest BCUT2D eigenvalue weighted by Gasteiger charge is -2.03. The molecule has 1 atom stereocenters. The van der Waals surface area contributed by atoms with Crippen molar-refractivity contribution < 1.29 is 5.11 Å². The van der Waals surface area contributed by atoms with Gasteiger partial charge in [-0.2, -0.15) is 0 Å². The second-order valence-corrected chi connectivity index (χ2v) is 2.27. The average molecular weight is 137 g/mol. The second-order valence-electron chi connectivity index (χ2n) is 1.89. The Morgan fingerprint density at radius 3 is 2.62 bits per heavy atom. The van der Waals surface area contributed by atoms with Gasteiger partial charge in [-0.3, -0.25) is 0 Å². The summed E-state index contributed by atoms with van der Waals surface area (Å²) < 4.78 is 0. The molecule has 0 unspecified atom stereocenters. The third kappa shape index (κ3) is 4.41. The van der Waals surface area contributed by atoms with Crippen LogP contribution in [-0.4, -0.2) is 17.1 Å². The maximum atomic E-state index is 8.93. The van der Waals surface area contributed by atoms with Gasteiger partial charge in [-0.15, -0.1) is 11.6 Å². The maximum absolute atomic E-state index is 8.93. The minimum absolute atomic E-state index is 0.131. The fourth-order valence-electron chi connectivity index (χ4n) is 0.517. The van der Waals surface area contributed by atoms with Crippen molar-refractivity contribution in [2.24, 2.45) is 0 Å². The van der Waals surface area contributed by atoms with Gasteiger partial charge in [-0.25, -0.2) is 0 Å². The van der Waals surface area contributed by atoms with Crippen molar-refractivity contribution in [2.75, 3.05) is 5.88 Å². The van der Waals surface area contributed by atoms with Crippen LogP contribution in [0.3, 0.4) is 0 Å². The topological polar surface area (TPSA) is 20.2 Å². The number of hydrogen-bond donors (Lipinski definition) is 1. The van der Waals surface area contributed by atoms with E-state index in [1.165, 1.54) is 0 Å². The largest absolute Gasteiger partial charge is 0.393 e. The fourth-order valence-corrected chi connectivity index (χ4v) is 0.671. The maximum Gasteiger partial charge on any atom is 0.0538 e. The van der Waals surface area contributed by atoms with Gasteiger partial charge in [0, 0.05) is 5.88 Å². The monoisotopic (exact) mass is 136 g/mol. The van der Waals surface area contributed by atoms with Crippen LogP contribution in [0.15, 0.2) is 0 Å². The van der Waals surface area contributed by atoms with Crippen LogP contribution in [0, 0.1) is 0 Å². The highest BCUT2D eigenvalue weighted by atomic mass is 35.5. The molecular weight excluding hydrogens is 124 g/mol. The predicted octanol–water partition coefficient (Wildman–Crippen LogP) is 1.78. The molecule has 1 nitrogen and oxygen atoms in total. The number of rotatable bonds is 4. The minimum Gasteiger partial charge on any atom is -0.393 e. The molecule has 0 aliphatic heterocycles. The van der Waals surface area contributed by atoms with E-state index in [0.29, 0.717) is 5.88 Å². The van der Waals surface area contributed by atoms with E-state index < -0.39 is 0 Å². The first kappa shape index (κ1) is 8.25. The quantitative estimate of drug-likeness (QED) is 0.585. The van der Waals surface area contributed by atoms with E-state index >= 15 is 0 Å². The van der Waals surface area contributed by atoms with Gasteiger partial charge in [0.1, 0.15) is 0 Å². The Morgan fingerprint density at radius 1 is 1.62 bits per heavy atom. The normalized spacial score (nSPS) is 13.9. The van der Waals surface area contributed by atoms with Crippen molar-refractivity contribution in [2.45, 2.75) is 32.3 Å². The summed E-state index contributed by atoms with van der Waals surface area (Å²) in [6, 6.07) is 0. The van der Waals surface area contributed by atoms with E-state index in [9.17, 15) is 0 Å². The predicted molar refractivity (Wildman–Crippen MR) is 36.3 cm³/mol. The highest BCUT2D eigenvalue weighted by Gasteiger charge is 1.97. The summed E-state index contributed by atoms with van der Waals surface area (Å²) >= 11 is 5.39. The van der Waals surface area contributed by atoms with Gasteiger partial charge in [-0.1, -0.05) is 6.92 Å². The Bertz CT molecular complexity index is 47.8. The molecule has 0 radical (unpaired) electrons. The molecule has 0 saturated heterocycles. The van der Waals surface area contributed by atoms with Gasteiger partial charge in [0.05, 0.1) is 6.10 Å². The summed E-state index contributed by atoms with van der Waals surface area (Å²) in [6.07, 6.45) is 2.49. The van der Waals surface area contributed by atoms with Crippen LogP contribution in [0.25, 0.3) is 0 Å². The SMILES string of the molecule is CC[C@H](O)CCCCl. The van der Waals surface area contributed by atoms with E-state index in [2.05, 4.69) is 0 Å². The first-order valence-electron chi connectivity index (χ1n) is 3.05. The smallest absolute Gasteiger partial charge is 0.0538 e. The lowest BCUT2D eigenvalue weighted by Crippen LogP contribution is -2.03. The summed E-state index contributed by atoms with van der Waals surface area (Å²) in [7, 11) is 0. The third-order valence-electron chi connectivity index (χ3n) is 1.14. The van der Waals surface area contributed by atoms with Gasteiger partial charge in [0.15, 0.2) is 0 Å². The molecule has 50 valence electrons. The molecule has 8 heavy (non-hydrogen) atoms. The Morgan fingerprint density at radius 2 is 2.25 bits per heavy atom. The first-order chi connectivity index (χ1) is 3.81. The van der Waals surface area contributed by atoms with Crippen molar-refractivity contribution in [3.05, 3.63) is 0 Å². The second kappa shape index (κ2) is 5.39. The molecule has 0 bridgehead atoms. The minimum atomic E-state index is -0.131. The summed E-state index contributed by atoms with van der Waals surface area (Å²) in [6.45, 7) is 1.97. The highest BCUT2D eigenvalue weighted by molar-refractivity contribution is 6.17. The third-order valence-corrected chi connectivity index (χ3v) is 1.41. The number of alkyl halides is 1. The van der Waals surface area contributed by atoms with Crippen LogP contribution in [0.2, 0.25) is 0 Å². The molecule has 0 saturated carbocycles. The zero-order valence-electron chi connectivity index (χ0n) is 5.23. The molecule has 0 aliphatic rings. The number of hydrogen-bond acceptors (Lipinski definition) is 1. The van der Waals surface area contributed by atoms with Gasteiger partial charge in [0.25, 0.3) is 0 Å². The molecule has 0 spiro atoms. The lowest BCUT2D eigenvalue weighted by atomic mass is 10.2. The zero-order chi connectivity index (χ0) is 6.41.